The van der Waals surface area contributed by atoms with Crippen LogP contribution in [0, 0.1) is 0 Å². The molecule has 3 aromatic rings. The number of nitrogens with zero attached hydrogens (tertiary/aromatic N) is 3. The number of nitrogens with one attached hydrogen (secondary N) is 1. The third kappa shape index (κ3) is 3.54. The summed E-state index contributed by atoms with van der Waals surface area (Å²) in [6, 6.07) is 11.5. The van der Waals surface area contributed by atoms with Crippen LogP contribution in [0.3, 0.4) is 0 Å². The van der Waals surface area contributed by atoms with Crippen LogP contribution < -0.4 is 10.3 Å². The van der Waals surface area contributed by atoms with Gasteiger partial charge in [0.15, 0.2) is 0 Å². The minimum Gasteiger partial charge on any atom is -0.330 e. The van der Waals surface area contributed by atoms with E-state index in [1.54, 1.807) is 22.1 Å². The second-order valence-electron chi connectivity index (χ2n) is 6.57. The summed E-state index contributed by atoms with van der Waals surface area (Å²) in [7, 11) is 0. The third-order valence-electron chi connectivity index (χ3n) is 4.87. The van der Waals surface area contributed by atoms with Crippen molar-refractivity contribution in [1.82, 2.24) is 14.7 Å². The van der Waals surface area contributed by atoms with Gasteiger partial charge in [0.2, 0.25) is 11.3 Å². The number of hydrogen-bond donors (Lipinski definition) is 1. The predicted octanol–water partition coefficient (Wildman–Crippen LogP) is 0.385. The highest BCUT2D eigenvalue weighted by molar-refractivity contribution is 7.09. The van der Waals surface area contributed by atoms with Gasteiger partial charge in [0.25, 0.3) is 0 Å². The predicted molar refractivity (Wildman–Crippen MR) is 101 cm³/mol. The molecule has 0 atom stereocenters. The Balaban J connectivity index is 1.40. The fraction of sp³-hybridized carbons (Fsp3) is 0.316. The van der Waals surface area contributed by atoms with Crippen LogP contribution in [0.5, 0.6) is 0 Å². The number of thiophene rings is 1. The smallest absolute Gasteiger partial charge is 0.244 e. The number of quaternary nitrogens is 1. The first-order valence-corrected chi connectivity index (χ1v) is 9.67. The zero-order chi connectivity index (χ0) is 17.9. The van der Waals surface area contributed by atoms with Crippen LogP contribution in [0.4, 0.5) is 0 Å². The van der Waals surface area contributed by atoms with Crippen molar-refractivity contribution in [3.63, 3.8) is 0 Å². The molecule has 1 saturated heterocycles. The molecular weight excluding hydrogens is 348 g/mol. The number of hydrogen-bond acceptors (Lipinski definition) is 4. The van der Waals surface area contributed by atoms with Crippen molar-refractivity contribution in [2.24, 2.45) is 0 Å². The molecule has 0 radical (unpaired) electrons. The molecule has 3 heterocycles. The van der Waals surface area contributed by atoms with Crippen LogP contribution in [0.1, 0.15) is 4.88 Å². The topological polar surface area (TPSA) is 59.6 Å². The molecule has 1 N–H and O–H groups in total. The van der Waals surface area contributed by atoms with Gasteiger partial charge in [-0.15, -0.1) is 11.3 Å². The fourth-order valence-electron chi connectivity index (χ4n) is 3.42. The van der Waals surface area contributed by atoms with Crippen molar-refractivity contribution in [3.8, 4) is 0 Å². The third-order valence-corrected chi connectivity index (χ3v) is 5.75. The number of carbonyl (C=O) groups excluding carboxylic acids is 1. The van der Waals surface area contributed by atoms with Crippen LogP contribution in [0.25, 0.3) is 10.9 Å². The van der Waals surface area contributed by atoms with Gasteiger partial charge in [0.05, 0.1) is 42.8 Å². The highest BCUT2D eigenvalue weighted by Gasteiger charge is 2.24. The Morgan fingerprint density at radius 3 is 2.73 bits per heavy atom. The number of amides is 1. The Bertz CT molecular complexity index is 959. The number of para-hydroxylation sites is 1. The van der Waals surface area contributed by atoms with Crippen LogP contribution in [0.15, 0.2) is 52.8 Å². The maximum Gasteiger partial charge on any atom is 0.244 e. The van der Waals surface area contributed by atoms with Gasteiger partial charge in [-0.05, 0) is 23.6 Å². The molecule has 7 heteroatoms. The van der Waals surface area contributed by atoms with Gasteiger partial charge < -0.3 is 9.80 Å². The molecule has 2 aromatic heterocycles. The van der Waals surface area contributed by atoms with Gasteiger partial charge in [-0.2, -0.15) is 5.10 Å². The molecule has 26 heavy (non-hydrogen) atoms. The molecule has 1 aliphatic rings. The average molecular weight is 369 g/mol. The van der Waals surface area contributed by atoms with Crippen molar-refractivity contribution in [3.05, 3.63) is 63.1 Å². The summed E-state index contributed by atoms with van der Waals surface area (Å²) < 4.78 is 1.63. The minimum atomic E-state index is -0.116. The van der Waals surface area contributed by atoms with Gasteiger partial charge in [0, 0.05) is 5.39 Å². The standard InChI is InChI=1S/C19H20N4O2S/c24-18-12-20-23(17-6-2-1-5-16(17)18)14-19(25)22-9-7-21(8-10-22)13-15-4-3-11-26-15/h1-6,11-12H,7-10,13-14H2/p+1. The van der Waals surface area contributed by atoms with Crippen LogP contribution in [-0.4, -0.2) is 46.8 Å². The first kappa shape index (κ1) is 16.9. The zero-order valence-corrected chi connectivity index (χ0v) is 15.2. The molecule has 1 fully saturated rings. The summed E-state index contributed by atoms with van der Waals surface area (Å²) in [6.07, 6.45) is 1.29. The SMILES string of the molecule is O=C(Cn1ncc(=O)c2ccccc21)N1CC[NH+](Cc2cccs2)CC1. The fourth-order valence-corrected chi connectivity index (χ4v) is 4.20. The van der Waals surface area contributed by atoms with Crippen molar-refractivity contribution < 1.29 is 9.69 Å². The Kier molecular flexibility index (Phi) is 4.81. The average Bonchev–Trinajstić information content (AvgIpc) is 3.18. The number of rotatable bonds is 4. The van der Waals surface area contributed by atoms with Crippen LogP contribution in [-0.2, 0) is 17.9 Å². The normalized spacial score (nSPS) is 15.5. The van der Waals surface area contributed by atoms with E-state index >= 15 is 0 Å². The molecule has 1 amide bonds. The van der Waals surface area contributed by atoms with Gasteiger partial charge in [0.1, 0.15) is 13.1 Å². The van der Waals surface area contributed by atoms with Gasteiger partial charge in [-0.25, -0.2) is 0 Å². The molecule has 1 aliphatic heterocycles. The van der Waals surface area contributed by atoms with Crippen molar-refractivity contribution in [1.29, 1.82) is 0 Å². The van der Waals surface area contributed by atoms with E-state index in [0.29, 0.717) is 10.9 Å². The summed E-state index contributed by atoms with van der Waals surface area (Å²) in [5, 5.41) is 6.86. The van der Waals surface area contributed by atoms with Crippen LogP contribution >= 0.6 is 11.3 Å². The molecule has 0 unspecified atom stereocenters. The number of carbonyl (C=O) groups is 1. The van der Waals surface area contributed by atoms with E-state index < -0.39 is 0 Å². The van der Waals surface area contributed by atoms with Crippen molar-refractivity contribution >= 4 is 28.1 Å². The summed E-state index contributed by atoms with van der Waals surface area (Å²) in [5.74, 6) is 0.0569. The molecule has 1 aromatic carbocycles. The van der Waals surface area contributed by atoms with E-state index in [-0.39, 0.29) is 17.9 Å². The summed E-state index contributed by atoms with van der Waals surface area (Å²) in [6.45, 7) is 4.64. The highest BCUT2D eigenvalue weighted by Crippen LogP contribution is 2.09. The molecule has 4 rings (SSSR count). The molecule has 0 spiro atoms. The lowest BCUT2D eigenvalue weighted by Crippen LogP contribution is -3.13. The lowest BCUT2D eigenvalue weighted by molar-refractivity contribution is -0.917. The summed E-state index contributed by atoms with van der Waals surface area (Å²) >= 11 is 1.79. The Hall–Kier alpha value is -2.51. The van der Waals surface area contributed by atoms with E-state index in [2.05, 4.69) is 22.6 Å². The molecule has 134 valence electrons. The highest BCUT2D eigenvalue weighted by atomic mass is 32.1. The molecule has 0 saturated carbocycles. The molecule has 0 bridgehead atoms. The van der Waals surface area contributed by atoms with E-state index in [1.807, 2.05) is 23.1 Å². The van der Waals surface area contributed by atoms with Crippen molar-refractivity contribution in [2.75, 3.05) is 26.2 Å². The van der Waals surface area contributed by atoms with E-state index in [4.69, 9.17) is 0 Å². The summed E-state index contributed by atoms with van der Waals surface area (Å²) in [5.41, 5.74) is 0.588. The number of piperazine rings is 1. The second kappa shape index (κ2) is 7.39. The van der Waals surface area contributed by atoms with Gasteiger partial charge in [-0.3, -0.25) is 14.3 Å². The molecule has 0 aliphatic carbocycles. The van der Waals surface area contributed by atoms with Gasteiger partial charge in [-0.1, -0.05) is 18.2 Å². The summed E-state index contributed by atoms with van der Waals surface area (Å²) in [4.78, 5) is 29.4. The Morgan fingerprint density at radius 2 is 1.96 bits per heavy atom. The lowest BCUT2D eigenvalue weighted by Gasteiger charge is -2.32. The number of fused-ring (bicyclic) bond motifs is 1. The first-order chi connectivity index (χ1) is 12.7. The van der Waals surface area contributed by atoms with Crippen molar-refractivity contribution in [2.45, 2.75) is 13.1 Å². The van der Waals surface area contributed by atoms with E-state index in [9.17, 15) is 9.59 Å². The maximum absolute atomic E-state index is 12.7. The minimum absolute atomic E-state index is 0.0569. The maximum atomic E-state index is 12.7. The van der Waals surface area contributed by atoms with E-state index in [1.165, 1.54) is 16.0 Å². The Labute approximate surface area is 155 Å². The largest absolute Gasteiger partial charge is 0.330 e. The zero-order valence-electron chi connectivity index (χ0n) is 14.4. The lowest BCUT2D eigenvalue weighted by atomic mass is 10.2. The van der Waals surface area contributed by atoms with E-state index in [0.717, 1.165) is 32.7 Å². The number of benzene rings is 1. The molecule has 6 nitrogen and oxygen atoms in total. The quantitative estimate of drug-likeness (QED) is 0.724. The van der Waals surface area contributed by atoms with Gasteiger partial charge >= 0.3 is 0 Å². The monoisotopic (exact) mass is 369 g/mol. The first-order valence-electron chi connectivity index (χ1n) is 8.79. The second-order valence-corrected chi connectivity index (χ2v) is 7.60. The van der Waals surface area contributed by atoms with Crippen LogP contribution in [0.2, 0.25) is 0 Å². The number of aromatic nitrogens is 2. The molecular formula is C19H21N4O2S+. The Morgan fingerprint density at radius 1 is 1.15 bits per heavy atom.